The van der Waals surface area contributed by atoms with Crippen LogP contribution >= 0.6 is 23.1 Å². The highest BCUT2D eigenvalue weighted by Gasteiger charge is 2.31. The smallest absolute Gasteiger partial charge is 0.318 e. The van der Waals surface area contributed by atoms with Crippen LogP contribution in [0.3, 0.4) is 0 Å². The average molecular weight is 502 g/mol. The lowest BCUT2D eigenvalue weighted by atomic mass is 10.1. The van der Waals surface area contributed by atoms with Crippen LogP contribution in [0.1, 0.15) is 50.0 Å². The van der Waals surface area contributed by atoms with Crippen LogP contribution in [-0.4, -0.2) is 26.1 Å². The number of carbonyl (C=O) groups is 1. The Hall–Kier alpha value is -2.65. The number of alkyl halides is 3. The second-order valence-electron chi connectivity index (χ2n) is 8.49. The van der Waals surface area contributed by atoms with Gasteiger partial charge in [-0.1, -0.05) is 17.8 Å². The van der Waals surface area contributed by atoms with Crippen molar-refractivity contribution in [3.8, 4) is 5.69 Å². The first kappa shape index (κ1) is 23.1. The molecule has 0 radical (unpaired) electrons. The van der Waals surface area contributed by atoms with Gasteiger partial charge in [-0.05, 0) is 69.9 Å². The highest BCUT2D eigenvalue weighted by Crippen LogP contribution is 2.40. The number of thioether (sulfide) groups is 1. The fourth-order valence-electron chi connectivity index (χ4n) is 4.64. The summed E-state index contributed by atoms with van der Waals surface area (Å²) >= 11 is 3.13. The number of benzene rings is 1. The summed E-state index contributed by atoms with van der Waals surface area (Å²) in [6.07, 6.45) is -1.21. The van der Waals surface area contributed by atoms with E-state index in [4.69, 9.17) is 0 Å². The number of aromatic nitrogens is 3. The molecule has 0 fully saturated rings. The molecule has 4 nitrogen and oxygen atoms in total. The number of rotatable bonds is 5. The van der Waals surface area contributed by atoms with E-state index in [0.717, 1.165) is 46.6 Å². The molecule has 34 heavy (non-hydrogen) atoms. The lowest BCUT2D eigenvalue weighted by Gasteiger charge is -2.13. The molecule has 0 saturated heterocycles. The zero-order valence-electron chi connectivity index (χ0n) is 18.9. The van der Waals surface area contributed by atoms with E-state index in [1.54, 1.807) is 41.9 Å². The molecule has 0 unspecified atom stereocenters. The van der Waals surface area contributed by atoms with Gasteiger partial charge < -0.3 is 4.57 Å². The van der Waals surface area contributed by atoms with E-state index < -0.39 is 11.7 Å². The van der Waals surface area contributed by atoms with Gasteiger partial charge in [0.1, 0.15) is 15.7 Å². The summed E-state index contributed by atoms with van der Waals surface area (Å²) < 4.78 is 41.3. The molecule has 176 valence electrons. The molecule has 4 aromatic rings. The normalized spacial score (nSPS) is 13.6. The van der Waals surface area contributed by atoms with Gasteiger partial charge >= 0.3 is 6.18 Å². The highest BCUT2D eigenvalue weighted by atomic mass is 32.2. The molecule has 0 atom stereocenters. The van der Waals surface area contributed by atoms with Crippen molar-refractivity contribution in [3.63, 3.8) is 0 Å². The average Bonchev–Trinajstić information content (AvgIpc) is 3.44. The molecule has 3 aromatic heterocycles. The topological polar surface area (TPSA) is 47.8 Å². The Morgan fingerprint density at radius 2 is 1.94 bits per heavy atom. The zero-order valence-corrected chi connectivity index (χ0v) is 20.5. The van der Waals surface area contributed by atoms with E-state index in [1.807, 2.05) is 6.92 Å². The zero-order chi connectivity index (χ0) is 24.2. The summed E-state index contributed by atoms with van der Waals surface area (Å²) in [5.41, 5.74) is 2.84. The standard InChI is InChI=1S/C25H22F3N3OS2/c1-13-10-19(14(2)31(13)17-7-4-6-16(11-17)25(26,27)28)20(32)12-33-23-22-18-8-5-9-21(18)34-24(22)30-15(3)29-23/h4,6-7,10-11H,5,8-9,12H2,1-3H3. The Bertz CT molecular complexity index is 1440. The Labute approximate surface area is 203 Å². The summed E-state index contributed by atoms with van der Waals surface area (Å²) in [5.74, 6) is 0.806. The van der Waals surface area contributed by atoms with Crippen LogP contribution in [0, 0.1) is 20.8 Å². The number of nitrogens with zero attached hydrogens (tertiary/aromatic N) is 3. The molecule has 1 aliphatic carbocycles. The van der Waals surface area contributed by atoms with Gasteiger partial charge in [-0.3, -0.25) is 4.79 Å². The van der Waals surface area contributed by atoms with E-state index in [-0.39, 0.29) is 11.5 Å². The maximum atomic E-state index is 13.2. The van der Waals surface area contributed by atoms with Crippen LogP contribution in [0.15, 0.2) is 35.4 Å². The number of aryl methyl sites for hydroxylation is 4. The number of Topliss-reactive ketones (excluding diaryl/α,β-unsaturated/α-hetero) is 1. The van der Waals surface area contributed by atoms with Gasteiger partial charge in [-0.2, -0.15) is 13.2 Å². The van der Waals surface area contributed by atoms with Crippen LogP contribution in [0.5, 0.6) is 0 Å². The summed E-state index contributed by atoms with van der Waals surface area (Å²) in [5, 5.41) is 1.91. The molecule has 0 amide bonds. The monoisotopic (exact) mass is 501 g/mol. The Kier molecular flexibility index (Phi) is 5.80. The number of carbonyl (C=O) groups excluding carboxylic acids is 1. The van der Waals surface area contributed by atoms with Crippen molar-refractivity contribution in [3.05, 3.63) is 69.1 Å². The number of fused-ring (bicyclic) bond motifs is 3. The van der Waals surface area contributed by atoms with Gasteiger partial charge in [0.15, 0.2) is 5.78 Å². The Morgan fingerprint density at radius 3 is 2.71 bits per heavy atom. The number of halogens is 3. The van der Waals surface area contributed by atoms with Gasteiger partial charge in [0, 0.05) is 32.9 Å². The molecule has 1 aliphatic rings. The molecule has 0 aliphatic heterocycles. The van der Waals surface area contributed by atoms with Crippen molar-refractivity contribution in [1.82, 2.24) is 14.5 Å². The molecule has 0 bridgehead atoms. The van der Waals surface area contributed by atoms with E-state index in [0.29, 0.717) is 28.5 Å². The van der Waals surface area contributed by atoms with E-state index >= 15 is 0 Å². The SMILES string of the molecule is Cc1nc(SCC(=O)c2cc(C)n(-c3cccc(C(F)(F)F)c3)c2C)c2c3c(sc2n1)CCC3. The third-order valence-electron chi connectivity index (χ3n) is 6.15. The second kappa shape index (κ2) is 8.53. The second-order valence-corrected chi connectivity index (χ2v) is 10.5. The minimum absolute atomic E-state index is 0.0763. The van der Waals surface area contributed by atoms with Crippen LogP contribution in [0.4, 0.5) is 13.2 Å². The maximum Gasteiger partial charge on any atom is 0.416 e. The quantitative estimate of drug-likeness (QED) is 0.170. The maximum absolute atomic E-state index is 13.2. The molecule has 0 N–H and O–H groups in total. The molecule has 5 rings (SSSR count). The molecule has 3 heterocycles. The number of hydrogen-bond donors (Lipinski definition) is 0. The van der Waals surface area contributed by atoms with Crippen molar-refractivity contribution in [2.75, 3.05) is 5.75 Å². The first-order valence-corrected chi connectivity index (χ1v) is 12.7. The summed E-state index contributed by atoms with van der Waals surface area (Å²) in [7, 11) is 0. The van der Waals surface area contributed by atoms with Gasteiger partial charge in [-0.15, -0.1) is 11.3 Å². The third-order valence-corrected chi connectivity index (χ3v) is 8.31. The van der Waals surface area contributed by atoms with E-state index in [2.05, 4.69) is 9.97 Å². The van der Waals surface area contributed by atoms with Crippen LogP contribution in [-0.2, 0) is 19.0 Å². The van der Waals surface area contributed by atoms with Gasteiger partial charge in [0.25, 0.3) is 0 Å². The molecular weight excluding hydrogens is 479 g/mol. The minimum atomic E-state index is -4.43. The molecule has 0 spiro atoms. The van der Waals surface area contributed by atoms with Crippen LogP contribution < -0.4 is 0 Å². The van der Waals surface area contributed by atoms with Crippen molar-refractivity contribution < 1.29 is 18.0 Å². The van der Waals surface area contributed by atoms with Gasteiger partial charge in [-0.25, -0.2) is 9.97 Å². The lowest BCUT2D eigenvalue weighted by molar-refractivity contribution is -0.137. The molecule has 9 heteroatoms. The molecular formula is C25H22F3N3OS2. The lowest BCUT2D eigenvalue weighted by Crippen LogP contribution is -2.08. The van der Waals surface area contributed by atoms with Crippen molar-refractivity contribution in [2.24, 2.45) is 0 Å². The third kappa shape index (κ3) is 4.05. The molecule has 0 saturated carbocycles. The summed E-state index contributed by atoms with van der Waals surface area (Å²) in [6.45, 7) is 5.42. The number of hydrogen-bond acceptors (Lipinski definition) is 5. The fourth-order valence-corrected chi connectivity index (χ4v) is 7.00. The largest absolute Gasteiger partial charge is 0.416 e. The minimum Gasteiger partial charge on any atom is -0.318 e. The van der Waals surface area contributed by atoms with Gasteiger partial charge in [0.2, 0.25) is 0 Å². The number of thiophene rings is 1. The van der Waals surface area contributed by atoms with Crippen molar-refractivity contribution in [1.29, 1.82) is 0 Å². The first-order chi connectivity index (χ1) is 16.1. The Morgan fingerprint density at radius 1 is 1.15 bits per heavy atom. The first-order valence-electron chi connectivity index (χ1n) is 10.9. The van der Waals surface area contributed by atoms with Crippen LogP contribution in [0.25, 0.3) is 15.9 Å². The van der Waals surface area contributed by atoms with Crippen molar-refractivity contribution >= 4 is 39.1 Å². The van der Waals surface area contributed by atoms with Crippen molar-refractivity contribution in [2.45, 2.75) is 51.2 Å². The predicted octanol–water partition coefficient (Wildman–Crippen LogP) is 6.89. The Balaban J connectivity index is 1.43. The molecule has 1 aromatic carbocycles. The fraction of sp³-hybridized carbons (Fsp3) is 0.320. The predicted molar refractivity (Wildman–Crippen MR) is 129 cm³/mol. The summed E-state index contributed by atoms with van der Waals surface area (Å²) in [6, 6.07) is 6.92. The van der Waals surface area contributed by atoms with Crippen LogP contribution in [0.2, 0.25) is 0 Å². The highest BCUT2D eigenvalue weighted by molar-refractivity contribution is 8.00. The van der Waals surface area contributed by atoms with E-state index in [9.17, 15) is 18.0 Å². The van der Waals surface area contributed by atoms with E-state index in [1.165, 1.54) is 28.3 Å². The summed E-state index contributed by atoms with van der Waals surface area (Å²) in [4.78, 5) is 24.8. The van der Waals surface area contributed by atoms with Gasteiger partial charge in [0.05, 0.1) is 11.3 Å². The number of ketones is 1.